The Morgan fingerprint density at radius 2 is 2.04 bits per heavy atom. The molecule has 128 valence electrons. The molecule has 0 aromatic heterocycles. The zero-order chi connectivity index (χ0) is 18.2. The monoisotopic (exact) mass is 337 g/mol. The summed E-state index contributed by atoms with van der Waals surface area (Å²) >= 11 is 0. The van der Waals surface area contributed by atoms with Crippen LogP contribution in [0.25, 0.3) is 0 Å². The predicted molar refractivity (Wildman–Crippen MR) is 96.3 cm³/mol. The van der Waals surface area contributed by atoms with Crippen molar-refractivity contribution in [3.05, 3.63) is 76.7 Å². The first kappa shape index (κ1) is 18.2. The number of rotatable bonds is 6. The smallest absolute Gasteiger partial charge is 0.267 e. The van der Waals surface area contributed by atoms with Crippen molar-refractivity contribution in [3.63, 3.8) is 0 Å². The van der Waals surface area contributed by atoms with Gasteiger partial charge in [0.1, 0.15) is 17.5 Å². The minimum atomic E-state index is -0.465. The number of carbonyl (C=O) groups is 1. The molecular weight excluding hydrogens is 317 g/mol. The number of aryl methyl sites for hydroxylation is 2. The van der Waals surface area contributed by atoms with Crippen LogP contribution in [0.2, 0.25) is 0 Å². The third-order valence-electron chi connectivity index (χ3n) is 3.69. The normalized spacial score (nSPS) is 10.9. The first-order valence-corrected chi connectivity index (χ1v) is 7.96. The summed E-state index contributed by atoms with van der Waals surface area (Å²) in [5.41, 5.74) is 3.55. The van der Waals surface area contributed by atoms with E-state index in [0.29, 0.717) is 18.7 Å². The summed E-state index contributed by atoms with van der Waals surface area (Å²) in [5.74, 6) is -0.744. The molecule has 2 rings (SSSR count). The number of nitrogens with one attached hydrogen (secondary N) is 2. The van der Waals surface area contributed by atoms with Crippen LogP contribution in [0.3, 0.4) is 0 Å². The summed E-state index contributed by atoms with van der Waals surface area (Å²) < 4.78 is 13.1. The van der Waals surface area contributed by atoms with E-state index in [1.807, 2.05) is 44.2 Å². The number of benzene rings is 2. The van der Waals surface area contributed by atoms with Crippen molar-refractivity contribution < 1.29 is 9.18 Å². The van der Waals surface area contributed by atoms with Crippen molar-refractivity contribution in [1.29, 1.82) is 5.26 Å². The van der Waals surface area contributed by atoms with Gasteiger partial charge in [-0.2, -0.15) is 5.26 Å². The number of carbonyl (C=O) groups excluding carboxylic acids is 1. The van der Waals surface area contributed by atoms with E-state index in [9.17, 15) is 14.4 Å². The number of halogens is 1. The lowest BCUT2D eigenvalue weighted by Gasteiger charge is -2.09. The number of anilines is 1. The third kappa shape index (κ3) is 5.47. The van der Waals surface area contributed by atoms with Crippen molar-refractivity contribution in [2.45, 2.75) is 20.3 Å². The number of amides is 1. The fourth-order valence-corrected chi connectivity index (χ4v) is 2.38. The predicted octanol–water partition coefficient (Wildman–Crippen LogP) is 3.62. The lowest BCUT2D eigenvalue weighted by atomic mass is 10.1. The molecule has 0 radical (unpaired) electrons. The topological polar surface area (TPSA) is 64.9 Å². The van der Waals surface area contributed by atoms with E-state index < -0.39 is 5.91 Å². The Bertz CT molecular complexity index is 837. The molecule has 0 fully saturated rings. The van der Waals surface area contributed by atoms with Gasteiger partial charge in [0.25, 0.3) is 5.91 Å². The van der Waals surface area contributed by atoms with E-state index in [2.05, 4.69) is 10.6 Å². The number of nitriles is 1. The van der Waals surface area contributed by atoms with E-state index in [-0.39, 0.29) is 11.4 Å². The number of hydrogen-bond acceptors (Lipinski definition) is 3. The van der Waals surface area contributed by atoms with E-state index in [0.717, 1.165) is 16.7 Å². The van der Waals surface area contributed by atoms with Gasteiger partial charge in [0.05, 0.1) is 0 Å². The van der Waals surface area contributed by atoms with Crippen molar-refractivity contribution >= 4 is 11.6 Å². The second kappa shape index (κ2) is 8.65. The van der Waals surface area contributed by atoms with E-state index in [1.165, 1.54) is 18.3 Å². The van der Waals surface area contributed by atoms with Crippen LogP contribution >= 0.6 is 0 Å². The lowest BCUT2D eigenvalue weighted by molar-refractivity contribution is -0.112. The maximum absolute atomic E-state index is 13.1. The largest absolute Gasteiger partial charge is 0.389 e. The molecule has 0 atom stereocenters. The lowest BCUT2D eigenvalue weighted by Crippen LogP contribution is -2.18. The van der Waals surface area contributed by atoms with Gasteiger partial charge < -0.3 is 10.6 Å². The summed E-state index contributed by atoms with van der Waals surface area (Å²) in [6.45, 7) is 4.36. The fourth-order valence-electron chi connectivity index (χ4n) is 2.38. The molecule has 0 heterocycles. The van der Waals surface area contributed by atoms with Crippen molar-refractivity contribution in [3.8, 4) is 6.07 Å². The van der Waals surface area contributed by atoms with Crippen molar-refractivity contribution in [1.82, 2.24) is 5.32 Å². The van der Waals surface area contributed by atoms with Gasteiger partial charge in [-0.25, -0.2) is 4.39 Å². The minimum Gasteiger partial charge on any atom is -0.389 e. The van der Waals surface area contributed by atoms with Gasteiger partial charge in [0.15, 0.2) is 0 Å². The average Bonchev–Trinajstić information content (AvgIpc) is 2.57. The highest BCUT2D eigenvalue weighted by Crippen LogP contribution is 2.16. The second-order valence-corrected chi connectivity index (χ2v) is 5.78. The minimum absolute atomic E-state index is 0.0146. The Labute approximate surface area is 147 Å². The molecule has 25 heavy (non-hydrogen) atoms. The van der Waals surface area contributed by atoms with Gasteiger partial charge in [-0.15, -0.1) is 0 Å². The van der Waals surface area contributed by atoms with Crippen molar-refractivity contribution in [2.75, 3.05) is 11.9 Å². The third-order valence-corrected chi connectivity index (χ3v) is 3.69. The Hall–Kier alpha value is -3.13. The maximum atomic E-state index is 13.1. The fraction of sp³-hybridized carbons (Fsp3) is 0.200. The summed E-state index contributed by atoms with van der Waals surface area (Å²) in [4.78, 5) is 12.2. The molecule has 2 aromatic rings. The summed E-state index contributed by atoms with van der Waals surface area (Å²) in [6, 6.07) is 13.9. The molecule has 0 unspecified atom stereocenters. The highest BCUT2D eigenvalue weighted by atomic mass is 19.1. The number of hydrogen-bond donors (Lipinski definition) is 2. The second-order valence-electron chi connectivity index (χ2n) is 5.78. The van der Waals surface area contributed by atoms with Crippen LogP contribution in [-0.2, 0) is 11.2 Å². The molecule has 1 amide bonds. The Morgan fingerprint density at radius 1 is 1.24 bits per heavy atom. The van der Waals surface area contributed by atoms with Crippen molar-refractivity contribution in [2.24, 2.45) is 0 Å². The molecule has 0 spiro atoms. The van der Waals surface area contributed by atoms with Gasteiger partial charge in [-0.05, 0) is 49.6 Å². The zero-order valence-corrected chi connectivity index (χ0v) is 14.3. The number of nitrogens with zero attached hydrogens (tertiary/aromatic N) is 1. The Balaban J connectivity index is 1.92. The molecule has 0 aliphatic carbocycles. The molecule has 0 saturated heterocycles. The van der Waals surface area contributed by atoms with Crippen LogP contribution < -0.4 is 10.6 Å². The highest BCUT2D eigenvalue weighted by Gasteiger charge is 2.10. The molecule has 2 aromatic carbocycles. The molecule has 5 heteroatoms. The van der Waals surface area contributed by atoms with Crippen LogP contribution in [0, 0.1) is 31.0 Å². The molecule has 2 N–H and O–H groups in total. The quantitative estimate of drug-likeness (QED) is 0.481. The molecule has 4 nitrogen and oxygen atoms in total. The van der Waals surface area contributed by atoms with E-state index >= 15 is 0 Å². The summed E-state index contributed by atoms with van der Waals surface area (Å²) in [5, 5.41) is 14.8. The molecule has 0 bridgehead atoms. The SMILES string of the molecule is Cc1ccc(NC(=O)/C(C#N)=C\NCCc2cccc(F)c2)c(C)c1. The maximum Gasteiger partial charge on any atom is 0.267 e. The Kier molecular flexibility index (Phi) is 6.30. The first-order valence-electron chi connectivity index (χ1n) is 7.96. The Morgan fingerprint density at radius 3 is 2.72 bits per heavy atom. The van der Waals surface area contributed by atoms with Gasteiger partial charge in [-0.3, -0.25) is 4.79 Å². The van der Waals surface area contributed by atoms with Gasteiger partial charge in [0, 0.05) is 18.4 Å². The summed E-state index contributed by atoms with van der Waals surface area (Å²) in [7, 11) is 0. The first-order chi connectivity index (χ1) is 12.0. The zero-order valence-electron chi connectivity index (χ0n) is 14.3. The highest BCUT2D eigenvalue weighted by molar-refractivity contribution is 6.06. The van der Waals surface area contributed by atoms with Crippen LogP contribution in [-0.4, -0.2) is 12.5 Å². The van der Waals surface area contributed by atoms with Crippen LogP contribution in [0.15, 0.2) is 54.2 Å². The molecular formula is C20H20FN3O. The van der Waals surface area contributed by atoms with E-state index in [4.69, 9.17) is 0 Å². The average molecular weight is 337 g/mol. The van der Waals surface area contributed by atoms with Gasteiger partial charge >= 0.3 is 0 Å². The van der Waals surface area contributed by atoms with Gasteiger partial charge in [0.2, 0.25) is 0 Å². The molecule has 0 aliphatic rings. The van der Waals surface area contributed by atoms with Crippen LogP contribution in [0.4, 0.5) is 10.1 Å². The van der Waals surface area contributed by atoms with Gasteiger partial charge in [-0.1, -0.05) is 29.8 Å². The molecule has 0 aliphatic heterocycles. The standard InChI is InChI=1S/C20H20FN3O/c1-14-6-7-19(15(2)10-14)24-20(25)17(12-22)13-23-9-8-16-4-3-5-18(21)11-16/h3-7,10-11,13,23H,8-9H2,1-2H3,(H,24,25)/b17-13-. The molecule has 0 saturated carbocycles. The van der Waals surface area contributed by atoms with E-state index in [1.54, 1.807) is 6.07 Å². The van der Waals surface area contributed by atoms with Crippen LogP contribution in [0.1, 0.15) is 16.7 Å². The summed E-state index contributed by atoms with van der Waals surface area (Å²) in [6.07, 6.45) is 1.98. The van der Waals surface area contributed by atoms with Crippen LogP contribution in [0.5, 0.6) is 0 Å².